The number of amides is 1. The van der Waals surface area contributed by atoms with Crippen LogP contribution in [-0.4, -0.2) is 38.2 Å². The lowest BCUT2D eigenvalue weighted by Gasteiger charge is -2.32. The van der Waals surface area contributed by atoms with E-state index in [0.717, 1.165) is 18.5 Å². The number of carbonyl (C=O) groups excluding carboxylic acids is 1. The van der Waals surface area contributed by atoms with Crippen LogP contribution in [0, 0.1) is 5.92 Å². The third-order valence-electron chi connectivity index (χ3n) is 4.04. The van der Waals surface area contributed by atoms with Gasteiger partial charge in [0.25, 0.3) is 0 Å². The van der Waals surface area contributed by atoms with E-state index in [9.17, 15) is 14.7 Å². The number of likely N-dealkylation sites (tertiary alicyclic amines) is 1. The maximum absolute atomic E-state index is 12.3. The molecule has 1 aromatic rings. The third kappa shape index (κ3) is 3.25. The Morgan fingerprint density at radius 2 is 2.24 bits per heavy atom. The molecule has 116 valence electrons. The largest absolute Gasteiger partial charge is 0.481 e. The van der Waals surface area contributed by atoms with E-state index < -0.39 is 17.9 Å². The molecule has 1 amide bonds. The number of nitrogens with zero attached hydrogens (tertiary/aromatic N) is 3. The standard InChI is InChI=1S/C15H23N3O3/c1-3-8-18-13(19)7-5-6-12(15(20)21)14(18)11-9-16-17(4-2)10-11/h9-10,12,14H,3-8H2,1-2H3,(H,20,21). The van der Waals surface area contributed by atoms with Crippen LogP contribution < -0.4 is 0 Å². The Balaban J connectivity index is 2.42. The Labute approximate surface area is 124 Å². The summed E-state index contributed by atoms with van der Waals surface area (Å²) in [6.45, 7) is 5.30. The molecule has 1 aliphatic rings. The Kier molecular flexibility index (Phi) is 4.98. The lowest BCUT2D eigenvalue weighted by Crippen LogP contribution is -2.39. The van der Waals surface area contributed by atoms with E-state index in [2.05, 4.69) is 5.10 Å². The summed E-state index contributed by atoms with van der Waals surface area (Å²) in [5.41, 5.74) is 0.827. The second-order valence-electron chi connectivity index (χ2n) is 5.50. The molecule has 2 unspecified atom stereocenters. The summed E-state index contributed by atoms with van der Waals surface area (Å²) in [6.07, 6.45) is 5.98. The first-order valence-corrected chi connectivity index (χ1v) is 7.63. The van der Waals surface area contributed by atoms with Gasteiger partial charge in [0, 0.05) is 31.3 Å². The SMILES string of the molecule is CCCN1C(=O)CCCC(C(=O)O)C1c1cnn(CC)c1. The zero-order chi connectivity index (χ0) is 15.4. The predicted molar refractivity (Wildman–Crippen MR) is 77.6 cm³/mol. The van der Waals surface area contributed by atoms with Gasteiger partial charge in [-0.2, -0.15) is 5.10 Å². The number of aromatic nitrogens is 2. The Morgan fingerprint density at radius 3 is 2.81 bits per heavy atom. The fraction of sp³-hybridized carbons (Fsp3) is 0.667. The molecule has 2 rings (SSSR count). The van der Waals surface area contributed by atoms with Crippen molar-refractivity contribution in [3.05, 3.63) is 18.0 Å². The monoisotopic (exact) mass is 293 g/mol. The average molecular weight is 293 g/mol. The van der Waals surface area contributed by atoms with Crippen LogP contribution in [-0.2, 0) is 16.1 Å². The molecule has 2 atom stereocenters. The van der Waals surface area contributed by atoms with Crippen LogP contribution in [0.1, 0.15) is 51.1 Å². The smallest absolute Gasteiger partial charge is 0.308 e. The minimum Gasteiger partial charge on any atom is -0.481 e. The number of hydrogen-bond acceptors (Lipinski definition) is 3. The van der Waals surface area contributed by atoms with Crippen molar-refractivity contribution >= 4 is 11.9 Å². The molecule has 1 saturated heterocycles. The number of aliphatic carboxylic acids is 1. The van der Waals surface area contributed by atoms with Crippen molar-refractivity contribution < 1.29 is 14.7 Å². The van der Waals surface area contributed by atoms with Gasteiger partial charge in [-0.1, -0.05) is 6.92 Å². The van der Waals surface area contributed by atoms with Crippen LogP contribution in [0.4, 0.5) is 0 Å². The Bertz CT molecular complexity index is 512. The number of carboxylic acid groups (broad SMARTS) is 1. The van der Waals surface area contributed by atoms with Gasteiger partial charge in [0.2, 0.25) is 5.91 Å². The Hall–Kier alpha value is -1.85. The predicted octanol–water partition coefficient (Wildman–Crippen LogP) is 2.07. The van der Waals surface area contributed by atoms with E-state index >= 15 is 0 Å². The highest BCUT2D eigenvalue weighted by Crippen LogP contribution is 2.35. The maximum atomic E-state index is 12.3. The zero-order valence-corrected chi connectivity index (χ0v) is 12.7. The molecule has 6 heteroatoms. The molecule has 6 nitrogen and oxygen atoms in total. The zero-order valence-electron chi connectivity index (χ0n) is 12.7. The summed E-state index contributed by atoms with van der Waals surface area (Å²) < 4.78 is 1.77. The molecule has 0 aliphatic carbocycles. The highest BCUT2D eigenvalue weighted by molar-refractivity contribution is 5.79. The van der Waals surface area contributed by atoms with Crippen LogP contribution in [0.2, 0.25) is 0 Å². The van der Waals surface area contributed by atoms with Crippen molar-refractivity contribution in [1.82, 2.24) is 14.7 Å². The molecular weight excluding hydrogens is 270 g/mol. The van der Waals surface area contributed by atoms with Gasteiger partial charge in [-0.15, -0.1) is 0 Å². The van der Waals surface area contributed by atoms with Crippen LogP contribution in [0.25, 0.3) is 0 Å². The maximum Gasteiger partial charge on any atom is 0.308 e. The van der Waals surface area contributed by atoms with Gasteiger partial charge in [-0.3, -0.25) is 14.3 Å². The van der Waals surface area contributed by atoms with E-state index in [0.29, 0.717) is 25.8 Å². The molecule has 0 saturated carbocycles. The average Bonchev–Trinajstić information content (AvgIpc) is 2.86. The second kappa shape index (κ2) is 6.74. The van der Waals surface area contributed by atoms with Gasteiger partial charge in [0.1, 0.15) is 0 Å². The van der Waals surface area contributed by atoms with Gasteiger partial charge in [-0.25, -0.2) is 0 Å². The quantitative estimate of drug-likeness (QED) is 0.901. The van der Waals surface area contributed by atoms with Crippen molar-refractivity contribution in [2.75, 3.05) is 6.54 Å². The van der Waals surface area contributed by atoms with Gasteiger partial charge in [-0.05, 0) is 26.2 Å². The van der Waals surface area contributed by atoms with E-state index in [1.165, 1.54) is 0 Å². The fourth-order valence-electron chi connectivity index (χ4n) is 3.03. The van der Waals surface area contributed by atoms with Gasteiger partial charge < -0.3 is 10.0 Å². The number of aryl methyl sites for hydroxylation is 1. The van der Waals surface area contributed by atoms with E-state index in [-0.39, 0.29) is 5.91 Å². The van der Waals surface area contributed by atoms with Crippen LogP contribution in [0.3, 0.4) is 0 Å². The summed E-state index contributed by atoms with van der Waals surface area (Å²) in [6, 6.07) is -0.405. The lowest BCUT2D eigenvalue weighted by atomic mass is 9.91. The molecule has 0 spiro atoms. The Morgan fingerprint density at radius 1 is 1.48 bits per heavy atom. The van der Waals surface area contributed by atoms with Crippen molar-refractivity contribution in [1.29, 1.82) is 0 Å². The summed E-state index contributed by atoms with van der Waals surface area (Å²) in [5.74, 6) is -1.34. The lowest BCUT2D eigenvalue weighted by molar-refractivity contribution is -0.146. The molecule has 1 N–H and O–H groups in total. The highest BCUT2D eigenvalue weighted by Gasteiger charge is 2.38. The molecule has 0 aromatic carbocycles. The molecule has 0 radical (unpaired) electrons. The van der Waals surface area contributed by atoms with Crippen molar-refractivity contribution in [2.45, 2.75) is 52.1 Å². The van der Waals surface area contributed by atoms with Crippen LogP contribution in [0.15, 0.2) is 12.4 Å². The van der Waals surface area contributed by atoms with Gasteiger partial charge >= 0.3 is 5.97 Å². The first kappa shape index (κ1) is 15.5. The van der Waals surface area contributed by atoms with Crippen LogP contribution >= 0.6 is 0 Å². The van der Waals surface area contributed by atoms with Crippen LogP contribution in [0.5, 0.6) is 0 Å². The normalized spacial score (nSPS) is 23.1. The minimum absolute atomic E-state index is 0.0508. The summed E-state index contributed by atoms with van der Waals surface area (Å²) in [5, 5.41) is 13.8. The molecule has 1 aliphatic heterocycles. The van der Waals surface area contributed by atoms with Crippen molar-refractivity contribution in [3.63, 3.8) is 0 Å². The number of hydrogen-bond donors (Lipinski definition) is 1. The fourth-order valence-corrected chi connectivity index (χ4v) is 3.03. The van der Waals surface area contributed by atoms with Gasteiger partial charge in [0.05, 0.1) is 18.2 Å². The van der Waals surface area contributed by atoms with E-state index in [4.69, 9.17) is 0 Å². The summed E-state index contributed by atoms with van der Waals surface area (Å²) >= 11 is 0. The molecule has 0 bridgehead atoms. The molecular formula is C15H23N3O3. The molecule has 1 fully saturated rings. The number of carbonyl (C=O) groups is 2. The molecule has 1 aromatic heterocycles. The molecule has 2 heterocycles. The van der Waals surface area contributed by atoms with Gasteiger partial charge in [0.15, 0.2) is 0 Å². The first-order chi connectivity index (χ1) is 10.1. The molecule has 21 heavy (non-hydrogen) atoms. The minimum atomic E-state index is -0.833. The van der Waals surface area contributed by atoms with E-state index in [1.807, 2.05) is 20.0 Å². The number of carboxylic acids is 1. The summed E-state index contributed by atoms with van der Waals surface area (Å²) in [7, 11) is 0. The third-order valence-corrected chi connectivity index (χ3v) is 4.04. The highest BCUT2D eigenvalue weighted by atomic mass is 16.4. The second-order valence-corrected chi connectivity index (χ2v) is 5.50. The number of rotatable bonds is 5. The summed E-state index contributed by atoms with van der Waals surface area (Å²) in [4.78, 5) is 25.7. The van der Waals surface area contributed by atoms with Crippen molar-refractivity contribution in [2.24, 2.45) is 5.92 Å². The van der Waals surface area contributed by atoms with Crippen molar-refractivity contribution in [3.8, 4) is 0 Å². The first-order valence-electron chi connectivity index (χ1n) is 7.63. The van der Waals surface area contributed by atoms with E-state index in [1.54, 1.807) is 15.8 Å². The topological polar surface area (TPSA) is 75.4 Å².